The molecule has 0 aromatic heterocycles. The van der Waals surface area contributed by atoms with E-state index in [1.54, 1.807) is 0 Å². The van der Waals surface area contributed by atoms with Crippen LogP contribution in [0, 0.1) is 0 Å². The summed E-state index contributed by atoms with van der Waals surface area (Å²) in [5.74, 6) is 0. The third-order valence-corrected chi connectivity index (χ3v) is 2.61. The normalized spacial score (nSPS) is 21.0. The molecule has 0 amide bonds. The fraction of sp³-hybridized carbons (Fsp3) is 1.00. The second-order valence-electron chi connectivity index (χ2n) is 3.90. The first-order valence-electron chi connectivity index (χ1n) is 5.94. The largest absolute Gasteiger partial charge is 0.363 e. The minimum Gasteiger partial charge on any atom is -0.363 e. The van der Waals surface area contributed by atoms with Crippen LogP contribution in [-0.2, 0) is 4.74 Å². The van der Waals surface area contributed by atoms with E-state index in [2.05, 4.69) is 24.1 Å². The van der Waals surface area contributed by atoms with Crippen molar-refractivity contribution >= 4 is 0 Å². The minimum absolute atomic E-state index is 0.363. The smallest absolute Gasteiger partial charge is 0.110 e. The van der Waals surface area contributed by atoms with Gasteiger partial charge in [0, 0.05) is 32.8 Å². The number of hydrogen-bond acceptors (Lipinski definition) is 3. The van der Waals surface area contributed by atoms with Crippen molar-refractivity contribution in [1.82, 2.24) is 10.2 Å². The van der Waals surface area contributed by atoms with Gasteiger partial charge in [-0.2, -0.15) is 0 Å². The molecule has 0 radical (unpaired) electrons. The van der Waals surface area contributed by atoms with Gasteiger partial charge in [0.1, 0.15) is 6.23 Å². The van der Waals surface area contributed by atoms with E-state index in [-0.39, 0.29) is 0 Å². The number of hydrogen-bond donors (Lipinski definition) is 1. The van der Waals surface area contributed by atoms with Gasteiger partial charge in [0.25, 0.3) is 0 Å². The second kappa shape index (κ2) is 7.21. The molecular formula is C11H24N2O. The van der Waals surface area contributed by atoms with Crippen LogP contribution in [-0.4, -0.2) is 43.9 Å². The summed E-state index contributed by atoms with van der Waals surface area (Å²) in [5.41, 5.74) is 0. The Morgan fingerprint density at radius 2 is 1.93 bits per heavy atom. The molecular weight excluding hydrogens is 176 g/mol. The summed E-state index contributed by atoms with van der Waals surface area (Å²) in [7, 11) is 0. The molecule has 1 atom stereocenters. The summed E-state index contributed by atoms with van der Waals surface area (Å²) in [6, 6.07) is 0. The van der Waals surface area contributed by atoms with Gasteiger partial charge in [-0.15, -0.1) is 0 Å². The lowest BCUT2D eigenvalue weighted by atomic mass is 10.2. The minimum atomic E-state index is 0.363. The molecule has 1 fully saturated rings. The Hall–Kier alpha value is -0.120. The molecule has 1 rings (SSSR count). The first-order chi connectivity index (χ1) is 6.88. The van der Waals surface area contributed by atoms with Crippen molar-refractivity contribution < 1.29 is 4.74 Å². The SMILES string of the molecule is CCCOC(CCC)N1CCNCC1. The van der Waals surface area contributed by atoms with Gasteiger partial charge in [-0.3, -0.25) is 4.90 Å². The summed E-state index contributed by atoms with van der Waals surface area (Å²) >= 11 is 0. The topological polar surface area (TPSA) is 24.5 Å². The number of nitrogens with one attached hydrogen (secondary N) is 1. The summed E-state index contributed by atoms with van der Waals surface area (Å²) in [6.45, 7) is 9.77. The van der Waals surface area contributed by atoms with Crippen LogP contribution in [0.1, 0.15) is 33.1 Å². The Bertz CT molecular complexity index is 135. The molecule has 1 heterocycles. The van der Waals surface area contributed by atoms with Gasteiger partial charge in [-0.1, -0.05) is 20.3 Å². The summed E-state index contributed by atoms with van der Waals surface area (Å²) in [6.07, 6.45) is 3.85. The second-order valence-corrected chi connectivity index (χ2v) is 3.90. The zero-order valence-electron chi connectivity index (χ0n) is 9.59. The summed E-state index contributed by atoms with van der Waals surface area (Å²) < 4.78 is 5.87. The lowest BCUT2D eigenvalue weighted by Crippen LogP contribution is -2.49. The molecule has 14 heavy (non-hydrogen) atoms. The maximum absolute atomic E-state index is 5.87. The molecule has 3 nitrogen and oxygen atoms in total. The Morgan fingerprint density at radius 1 is 1.21 bits per heavy atom. The molecule has 0 aliphatic carbocycles. The van der Waals surface area contributed by atoms with E-state index in [0.717, 1.165) is 39.2 Å². The van der Waals surface area contributed by atoms with Crippen LogP contribution >= 0.6 is 0 Å². The van der Waals surface area contributed by atoms with Gasteiger partial charge in [-0.25, -0.2) is 0 Å². The summed E-state index contributed by atoms with van der Waals surface area (Å²) in [4.78, 5) is 2.47. The van der Waals surface area contributed by atoms with E-state index in [4.69, 9.17) is 4.74 Å². The fourth-order valence-corrected chi connectivity index (χ4v) is 1.84. The Labute approximate surface area is 87.8 Å². The van der Waals surface area contributed by atoms with Crippen molar-refractivity contribution in [2.45, 2.75) is 39.3 Å². The highest BCUT2D eigenvalue weighted by Gasteiger charge is 2.19. The van der Waals surface area contributed by atoms with Gasteiger partial charge in [0.15, 0.2) is 0 Å². The Kier molecular flexibility index (Phi) is 6.15. The molecule has 0 aromatic rings. The van der Waals surface area contributed by atoms with Crippen molar-refractivity contribution in [3.8, 4) is 0 Å². The van der Waals surface area contributed by atoms with Crippen molar-refractivity contribution in [3.05, 3.63) is 0 Å². The van der Waals surface area contributed by atoms with Gasteiger partial charge in [-0.05, 0) is 12.8 Å². The fourth-order valence-electron chi connectivity index (χ4n) is 1.84. The predicted molar refractivity (Wildman–Crippen MR) is 59.4 cm³/mol. The molecule has 0 bridgehead atoms. The van der Waals surface area contributed by atoms with Crippen LogP contribution in [0.2, 0.25) is 0 Å². The molecule has 0 aromatic carbocycles. The van der Waals surface area contributed by atoms with E-state index in [0.29, 0.717) is 6.23 Å². The van der Waals surface area contributed by atoms with E-state index >= 15 is 0 Å². The first kappa shape index (κ1) is 12.0. The van der Waals surface area contributed by atoms with Crippen molar-refractivity contribution in [2.75, 3.05) is 32.8 Å². The van der Waals surface area contributed by atoms with Crippen LogP contribution < -0.4 is 5.32 Å². The quantitative estimate of drug-likeness (QED) is 0.702. The maximum Gasteiger partial charge on any atom is 0.110 e. The van der Waals surface area contributed by atoms with E-state index in [1.165, 1.54) is 12.8 Å². The zero-order valence-corrected chi connectivity index (χ0v) is 9.59. The summed E-state index contributed by atoms with van der Waals surface area (Å²) in [5, 5.41) is 3.37. The van der Waals surface area contributed by atoms with E-state index in [9.17, 15) is 0 Å². The van der Waals surface area contributed by atoms with Crippen LogP contribution in [0.4, 0.5) is 0 Å². The molecule has 1 aliphatic rings. The average molecular weight is 200 g/mol. The highest BCUT2D eigenvalue weighted by Crippen LogP contribution is 2.10. The Balaban J connectivity index is 2.30. The standard InChI is InChI=1S/C11H24N2O/c1-3-5-11(14-10-4-2)13-8-6-12-7-9-13/h11-12H,3-10H2,1-2H3. The van der Waals surface area contributed by atoms with Crippen molar-refractivity contribution in [1.29, 1.82) is 0 Å². The monoisotopic (exact) mass is 200 g/mol. The molecule has 3 heteroatoms. The molecule has 0 saturated carbocycles. The highest BCUT2D eigenvalue weighted by molar-refractivity contribution is 4.70. The van der Waals surface area contributed by atoms with Crippen LogP contribution in [0.5, 0.6) is 0 Å². The van der Waals surface area contributed by atoms with E-state index < -0.39 is 0 Å². The Morgan fingerprint density at radius 3 is 2.50 bits per heavy atom. The lowest BCUT2D eigenvalue weighted by molar-refractivity contribution is -0.0685. The van der Waals surface area contributed by atoms with Crippen molar-refractivity contribution in [2.24, 2.45) is 0 Å². The lowest BCUT2D eigenvalue weighted by Gasteiger charge is -2.34. The molecule has 84 valence electrons. The number of piperazine rings is 1. The highest BCUT2D eigenvalue weighted by atomic mass is 16.5. The van der Waals surface area contributed by atoms with Crippen LogP contribution in [0.15, 0.2) is 0 Å². The first-order valence-corrected chi connectivity index (χ1v) is 5.94. The average Bonchev–Trinajstić information content (AvgIpc) is 2.25. The predicted octanol–water partition coefficient (Wildman–Crippen LogP) is 1.44. The van der Waals surface area contributed by atoms with Crippen LogP contribution in [0.25, 0.3) is 0 Å². The van der Waals surface area contributed by atoms with Gasteiger partial charge in [0.2, 0.25) is 0 Å². The molecule has 1 N–H and O–H groups in total. The molecule has 1 aliphatic heterocycles. The number of nitrogens with zero attached hydrogens (tertiary/aromatic N) is 1. The van der Waals surface area contributed by atoms with Gasteiger partial charge >= 0.3 is 0 Å². The van der Waals surface area contributed by atoms with Gasteiger partial charge in [0.05, 0.1) is 0 Å². The van der Waals surface area contributed by atoms with Crippen LogP contribution in [0.3, 0.4) is 0 Å². The maximum atomic E-state index is 5.87. The third kappa shape index (κ3) is 3.95. The van der Waals surface area contributed by atoms with E-state index in [1.807, 2.05) is 0 Å². The third-order valence-electron chi connectivity index (χ3n) is 2.61. The van der Waals surface area contributed by atoms with Gasteiger partial charge < -0.3 is 10.1 Å². The number of rotatable bonds is 6. The number of ether oxygens (including phenoxy) is 1. The molecule has 1 saturated heterocycles. The van der Waals surface area contributed by atoms with Crippen molar-refractivity contribution in [3.63, 3.8) is 0 Å². The zero-order chi connectivity index (χ0) is 10.2. The molecule has 1 unspecified atom stereocenters. The molecule has 0 spiro atoms.